The molecule has 2 unspecified atom stereocenters. The highest BCUT2D eigenvalue weighted by Crippen LogP contribution is 2.31. The zero-order valence-electron chi connectivity index (χ0n) is 25.0. The quantitative estimate of drug-likeness (QED) is 0.320. The van der Waals surface area contributed by atoms with Gasteiger partial charge in [-0.25, -0.2) is 9.59 Å². The number of hydrogen-bond acceptors (Lipinski definition) is 6. The first kappa shape index (κ1) is 32.5. The Labute approximate surface area is 238 Å². The number of alkyl carbamates (subject to hydrolysis) is 2. The number of benzene rings is 2. The van der Waals surface area contributed by atoms with Gasteiger partial charge in [-0.1, -0.05) is 77.1 Å². The van der Waals surface area contributed by atoms with Crippen molar-refractivity contribution >= 4 is 18.1 Å². The maximum Gasteiger partial charge on any atom is 0.408 e. The molecule has 0 saturated heterocycles. The third-order valence-electron chi connectivity index (χ3n) is 6.02. The van der Waals surface area contributed by atoms with E-state index in [2.05, 4.69) is 16.0 Å². The summed E-state index contributed by atoms with van der Waals surface area (Å²) in [5.74, 6) is -0.431. The van der Waals surface area contributed by atoms with Crippen molar-refractivity contribution in [2.24, 2.45) is 5.92 Å². The molecule has 0 radical (unpaired) electrons. The predicted octanol–water partition coefficient (Wildman–Crippen LogP) is 5.19. The van der Waals surface area contributed by atoms with Crippen LogP contribution in [0.15, 0.2) is 48.5 Å². The molecule has 0 spiro atoms. The smallest absolute Gasteiger partial charge is 0.408 e. The molecule has 4 N–H and O–H groups in total. The van der Waals surface area contributed by atoms with Crippen molar-refractivity contribution in [1.29, 1.82) is 0 Å². The maximum absolute atomic E-state index is 13.4. The van der Waals surface area contributed by atoms with Crippen LogP contribution >= 0.6 is 0 Å². The molecule has 0 aliphatic carbocycles. The minimum atomic E-state index is -0.854. The van der Waals surface area contributed by atoms with Crippen LogP contribution in [0.5, 0.6) is 5.75 Å². The lowest BCUT2D eigenvalue weighted by molar-refractivity contribution is -0.124. The monoisotopic (exact) mass is 555 g/mol. The number of aromatic hydroxyl groups is 1. The fourth-order valence-electron chi connectivity index (χ4n) is 4.01. The van der Waals surface area contributed by atoms with Gasteiger partial charge in [0, 0.05) is 6.54 Å². The molecule has 0 aliphatic rings. The van der Waals surface area contributed by atoms with E-state index in [4.69, 9.17) is 9.47 Å². The van der Waals surface area contributed by atoms with Crippen LogP contribution in [0.4, 0.5) is 9.59 Å². The Balaban J connectivity index is 2.18. The van der Waals surface area contributed by atoms with Gasteiger partial charge in [-0.2, -0.15) is 0 Å². The molecule has 0 aromatic heterocycles. The second-order valence-electron chi connectivity index (χ2n) is 12.3. The third kappa shape index (κ3) is 11.2. The topological polar surface area (TPSA) is 126 Å². The summed E-state index contributed by atoms with van der Waals surface area (Å²) in [6.45, 7) is 15.1. The molecule has 40 heavy (non-hydrogen) atoms. The van der Waals surface area contributed by atoms with Gasteiger partial charge >= 0.3 is 12.2 Å². The van der Waals surface area contributed by atoms with Gasteiger partial charge in [0.05, 0.1) is 6.04 Å². The Morgan fingerprint density at radius 3 is 2.10 bits per heavy atom. The van der Waals surface area contributed by atoms with E-state index in [0.29, 0.717) is 6.42 Å². The Morgan fingerprint density at radius 1 is 0.875 bits per heavy atom. The van der Waals surface area contributed by atoms with E-state index >= 15 is 0 Å². The van der Waals surface area contributed by atoms with Crippen LogP contribution in [0.3, 0.4) is 0 Å². The van der Waals surface area contributed by atoms with Crippen molar-refractivity contribution in [3.8, 4) is 5.75 Å². The van der Waals surface area contributed by atoms with Crippen molar-refractivity contribution in [2.75, 3.05) is 6.54 Å². The first-order chi connectivity index (χ1) is 18.5. The summed E-state index contributed by atoms with van der Waals surface area (Å²) >= 11 is 0. The summed E-state index contributed by atoms with van der Waals surface area (Å²) in [5, 5.41) is 18.8. The van der Waals surface area contributed by atoms with E-state index in [1.54, 1.807) is 32.9 Å². The Kier molecular flexibility index (Phi) is 11.4. The molecular weight excluding hydrogens is 510 g/mol. The average Bonchev–Trinajstić information content (AvgIpc) is 2.84. The number of rotatable bonds is 10. The van der Waals surface area contributed by atoms with E-state index in [0.717, 1.165) is 16.7 Å². The molecule has 0 aliphatic heterocycles. The highest BCUT2D eigenvalue weighted by atomic mass is 16.6. The second kappa shape index (κ2) is 14.1. The molecule has 2 aromatic rings. The SMILES string of the molecule is CC(C)C(NC(=O)OC(C)(C)C)C(=O)NC(CNC(=O)OCc1ccccc1)Cc1ccc(O)c(C(C)(C)C)c1. The van der Waals surface area contributed by atoms with E-state index in [-0.39, 0.29) is 30.2 Å². The number of phenolic OH excluding ortho intramolecular Hbond substituents is 1. The molecule has 9 heteroatoms. The van der Waals surface area contributed by atoms with Gasteiger partial charge in [0.1, 0.15) is 24.0 Å². The molecule has 0 bridgehead atoms. The molecule has 2 atom stereocenters. The first-order valence-electron chi connectivity index (χ1n) is 13.6. The highest BCUT2D eigenvalue weighted by Gasteiger charge is 2.29. The summed E-state index contributed by atoms with van der Waals surface area (Å²) < 4.78 is 10.7. The van der Waals surface area contributed by atoms with Crippen molar-refractivity contribution in [1.82, 2.24) is 16.0 Å². The van der Waals surface area contributed by atoms with Gasteiger partial charge in [-0.3, -0.25) is 4.79 Å². The number of phenols is 1. The minimum Gasteiger partial charge on any atom is -0.508 e. The number of hydrogen-bond donors (Lipinski definition) is 4. The van der Waals surface area contributed by atoms with Gasteiger partial charge in [0.25, 0.3) is 0 Å². The summed E-state index contributed by atoms with van der Waals surface area (Å²) in [6, 6.07) is 13.3. The fourth-order valence-corrected chi connectivity index (χ4v) is 4.01. The average molecular weight is 556 g/mol. The first-order valence-corrected chi connectivity index (χ1v) is 13.6. The van der Waals surface area contributed by atoms with Gasteiger partial charge < -0.3 is 30.5 Å². The predicted molar refractivity (Wildman–Crippen MR) is 155 cm³/mol. The molecule has 0 fully saturated rings. The van der Waals surface area contributed by atoms with Crippen molar-refractivity contribution in [3.63, 3.8) is 0 Å². The summed E-state index contributed by atoms with van der Waals surface area (Å²) in [7, 11) is 0. The van der Waals surface area contributed by atoms with Crippen LogP contribution in [-0.4, -0.2) is 47.4 Å². The van der Waals surface area contributed by atoms with Crippen LogP contribution in [0.2, 0.25) is 0 Å². The van der Waals surface area contributed by atoms with Crippen LogP contribution in [0.1, 0.15) is 72.1 Å². The molecule has 3 amide bonds. The molecule has 2 aromatic carbocycles. The number of amides is 3. The van der Waals surface area contributed by atoms with E-state index < -0.39 is 35.8 Å². The van der Waals surface area contributed by atoms with Crippen LogP contribution < -0.4 is 16.0 Å². The van der Waals surface area contributed by atoms with E-state index in [1.165, 1.54) is 0 Å². The lowest BCUT2D eigenvalue weighted by Gasteiger charge is -2.28. The Bertz CT molecular complexity index is 1140. The fraction of sp³-hybridized carbons (Fsp3) is 0.516. The molecule has 0 saturated carbocycles. The molecular formula is C31H45N3O6. The lowest BCUT2D eigenvalue weighted by atomic mass is 9.84. The number of carbonyl (C=O) groups is 3. The minimum absolute atomic E-state index is 0.0857. The van der Waals surface area contributed by atoms with Gasteiger partial charge in [-0.15, -0.1) is 0 Å². The van der Waals surface area contributed by atoms with Gasteiger partial charge in [-0.05, 0) is 61.3 Å². The van der Waals surface area contributed by atoms with Crippen LogP contribution in [0, 0.1) is 5.92 Å². The largest absolute Gasteiger partial charge is 0.508 e. The molecule has 9 nitrogen and oxygen atoms in total. The lowest BCUT2D eigenvalue weighted by Crippen LogP contribution is -2.55. The van der Waals surface area contributed by atoms with Crippen LogP contribution in [0.25, 0.3) is 0 Å². The van der Waals surface area contributed by atoms with Crippen molar-refractivity contribution in [3.05, 3.63) is 65.2 Å². The second-order valence-corrected chi connectivity index (χ2v) is 12.3. The van der Waals surface area contributed by atoms with Gasteiger partial charge in [0.15, 0.2) is 0 Å². The zero-order valence-corrected chi connectivity index (χ0v) is 25.0. The molecule has 2 rings (SSSR count). The maximum atomic E-state index is 13.4. The highest BCUT2D eigenvalue weighted by molar-refractivity contribution is 5.86. The third-order valence-corrected chi connectivity index (χ3v) is 6.02. The normalized spacial score (nSPS) is 13.2. The van der Waals surface area contributed by atoms with Gasteiger partial charge in [0.2, 0.25) is 5.91 Å². The number of carbonyl (C=O) groups excluding carboxylic acids is 3. The molecule has 220 valence electrons. The Morgan fingerprint density at radius 2 is 1.52 bits per heavy atom. The zero-order chi connectivity index (χ0) is 30.1. The standard InChI is InChI=1S/C31H45N3O6/c1-20(2)26(34-29(38)40-31(6,7)8)27(36)33-23(16-22-14-15-25(35)24(17-22)30(3,4)5)18-32-28(37)39-19-21-12-10-9-11-13-21/h9-15,17,20,23,26,35H,16,18-19H2,1-8H3,(H,32,37)(H,33,36)(H,34,38). The summed E-state index contributed by atoms with van der Waals surface area (Å²) in [4.78, 5) is 38.2. The van der Waals surface area contributed by atoms with E-state index in [9.17, 15) is 19.5 Å². The number of nitrogens with one attached hydrogen (secondary N) is 3. The van der Waals surface area contributed by atoms with E-state index in [1.807, 2.05) is 71.0 Å². The van der Waals surface area contributed by atoms with Crippen molar-refractivity contribution in [2.45, 2.75) is 91.5 Å². The summed E-state index contributed by atoms with van der Waals surface area (Å²) in [5.41, 5.74) is 1.50. The Hall–Kier alpha value is -3.75. The molecule has 0 heterocycles. The summed E-state index contributed by atoms with van der Waals surface area (Å²) in [6.07, 6.45) is -0.934. The van der Waals surface area contributed by atoms with Crippen molar-refractivity contribution < 1.29 is 29.0 Å². The van der Waals surface area contributed by atoms with Crippen LogP contribution in [-0.2, 0) is 32.7 Å². The number of ether oxygens (including phenoxy) is 2.